The molecule has 1 saturated carbocycles. The normalized spacial score (nSPS) is 37.6. The van der Waals surface area contributed by atoms with Crippen molar-refractivity contribution >= 4 is 0 Å². The van der Waals surface area contributed by atoms with Crippen molar-refractivity contribution < 1.29 is 9.84 Å². The van der Waals surface area contributed by atoms with E-state index in [9.17, 15) is 5.11 Å². The van der Waals surface area contributed by atoms with E-state index in [4.69, 9.17) is 4.74 Å². The molecule has 0 amide bonds. The van der Waals surface area contributed by atoms with Crippen LogP contribution in [0.3, 0.4) is 0 Å². The summed E-state index contributed by atoms with van der Waals surface area (Å²) >= 11 is 0. The van der Waals surface area contributed by atoms with Gasteiger partial charge in [-0.05, 0) is 25.7 Å². The molecule has 0 aromatic heterocycles. The Bertz CT molecular complexity index is 155. The highest BCUT2D eigenvalue weighted by atomic mass is 16.6. The second-order valence-electron chi connectivity index (χ2n) is 4.49. The number of hydrogen-bond acceptors (Lipinski definition) is 2. The molecule has 1 aliphatic heterocycles. The molecule has 76 valence electrons. The standard InChI is InChI=1S/C11H20O2/c12-11(8-4-5-9-13-11)10-6-2-1-3-7-10/h10,12H,1-9H2. The van der Waals surface area contributed by atoms with Crippen LogP contribution >= 0.6 is 0 Å². The van der Waals surface area contributed by atoms with Crippen molar-refractivity contribution in [2.45, 2.75) is 57.2 Å². The fourth-order valence-electron chi connectivity index (χ4n) is 2.68. The van der Waals surface area contributed by atoms with Crippen molar-refractivity contribution in [2.75, 3.05) is 6.61 Å². The molecule has 0 bridgehead atoms. The molecule has 1 N–H and O–H groups in total. The third-order valence-corrected chi connectivity index (χ3v) is 3.52. The van der Waals surface area contributed by atoms with Crippen LogP contribution in [0.4, 0.5) is 0 Å². The largest absolute Gasteiger partial charge is 0.365 e. The van der Waals surface area contributed by atoms with Gasteiger partial charge in [0.05, 0.1) is 6.61 Å². The molecule has 1 heterocycles. The summed E-state index contributed by atoms with van der Waals surface area (Å²) in [6.45, 7) is 0.757. The third-order valence-electron chi connectivity index (χ3n) is 3.52. The molecule has 2 fully saturated rings. The van der Waals surface area contributed by atoms with Crippen molar-refractivity contribution in [3.8, 4) is 0 Å². The molecule has 0 aromatic rings. The molecule has 13 heavy (non-hydrogen) atoms. The number of ether oxygens (including phenoxy) is 1. The van der Waals surface area contributed by atoms with Crippen molar-refractivity contribution in [3.63, 3.8) is 0 Å². The summed E-state index contributed by atoms with van der Waals surface area (Å²) in [5.74, 6) is -0.333. The molecule has 0 spiro atoms. The summed E-state index contributed by atoms with van der Waals surface area (Å²) in [6.07, 6.45) is 9.33. The van der Waals surface area contributed by atoms with Crippen molar-refractivity contribution in [2.24, 2.45) is 5.92 Å². The summed E-state index contributed by atoms with van der Waals surface area (Å²) < 4.78 is 5.56. The Hall–Kier alpha value is -0.0800. The predicted molar refractivity (Wildman–Crippen MR) is 51.3 cm³/mol. The summed E-state index contributed by atoms with van der Waals surface area (Å²) in [5, 5.41) is 10.3. The van der Waals surface area contributed by atoms with Crippen LogP contribution in [0.2, 0.25) is 0 Å². The maximum Gasteiger partial charge on any atom is 0.168 e. The zero-order valence-corrected chi connectivity index (χ0v) is 8.30. The number of aliphatic hydroxyl groups is 1. The van der Waals surface area contributed by atoms with Crippen LogP contribution in [0.15, 0.2) is 0 Å². The Kier molecular flexibility index (Phi) is 2.89. The van der Waals surface area contributed by atoms with Gasteiger partial charge < -0.3 is 9.84 Å². The quantitative estimate of drug-likeness (QED) is 0.678. The van der Waals surface area contributed by atoms with E-state index >= 15 is 0 Å². The van der Waals surface area contributed by atoms with E-state index in [1.807, 2.05) is 0 Å². The average Bonchev–Trinajstić information content (AvgIpc) is 2.20. The van der Waals surface area contributed by atoms with E-state index in [-0.39, 0.29) is 0 Å². The predicted octanol–water partition coefficient (Wildman–Crippen LogP) is 2.46. The fraction of sp³-hybridized carbons (Fsp3) is 1.00. The summed E-state index contributed by atoms with van der Waals surface area (Å²) in [7, 11) is 0. The first-order valence-electron chi connectivity index (χ1n) is 5.68. The average molecular weight is 184 g/mol. The molecule has 2 aliphatic rings. The summed E-state index contributed by atoms with van der Waals surface area (Å²) in [6, 6.07) is 0. The van der Waals surface area contributed by atoms with Crippen LogP contribution in [-0.2, 0) is 4.74 Å². The van der Waals surface area contributed by atoms with Crippen LogP contribution < -0.4 is 0 Å². The Morgan fingerprint density at radius 1 is 1.00 bits per heavy atom. The topological polar surface area (TPSA) is 29.5 Å². The molecule has 2 heteroatoms. The van der Waals surface area contributed by atoms with Crippen LogP contribution in [0.25, 0.3) is 0 Å². The lowest BCUT2D eigenvalue weighted by Crippen LogP contribution is -2.44. The van der Waals surface area contributed by atoms with Crippen LogP contribution in [0, 0.1) is 5.92 Å². The maximum absolute atomic E-state index is 10.3. The van der Waals surface area contributed by atoms with Gasteiger partial charge in [0.1, 0.15) is 0 Å². The van der Waals surface area contributed by atoms with Gasteiger partial charge in [0.25, 0.3) is 0 Å². The first-order valence-corrected chi connectivity index (χ1v) is 5.68. The minimum absolute atomic E-state index is 0.418. The minimum atomic E-state index is -0.751. The van der Waals surface area contributed by atoms with Crippen molar-refractivity contribution in [3.05, 3.63) is 0 Å². The molecule has 2 nitrogen and oxygen atoms in total. The van der Waals surface area contributed by atoms with E-state index in [0.29, 0.717) is 5.92 Å². The Balaban J connectivity index is 1.94. The van der Waals surface area contributed by atoms with Crippen LogP contribution in [0.1, 0.15) is 51.4 Å². The molecule has 0 radical (unpaired) electrons. The SMILES string of the molecule is OC1(C2CCCCC2)CCCCO1. The van der Waals surface area contributed by atoms with E-state index in [2.05, 4.69) is 0 Å². The highest BCUT2D eigenvalue weighted by molar-refractivity contribution is 4.82. The highest BCUT2D eigenvalue weighted by Gasteiger charge is 2.39. The van der Waals surface area contributed by atoms with Gasteiger partial charge in [-0.25, -0.2) is 0 Å². The van der Waals surface area contributed by atoms with Crippen molar-refractivity contribution in [1.29, 1.82) is 0 Å². The third kappa shape index (κ3) is 2.05. The van der Waals surface area contributed by atoms with Gasteiger partial charge in [0.2, 0.25) is 0 Å². The monoisotopic (exact) mass is 184 g/mol. The van der Waals surface area contributed by atoms with Gasteiger partial charge in [0, 0.05) is 12.3 Å². The zero-order chi connectivity index (χ0) is 9.15. The first kappa shape index (κ1) is 9.47. The molecule has 2 rings (SSSR count). The molecule has 1 unspecified atom stereocenters. The lowest BCUT2D eigenvalue weighted by molar-refractivity contribution is -0.260. The summed E-state index contributed by atoms with van der Waals surface area (Å²) in [4.78, 5) is 0. The lowest BCUT2D eigenvalue weighted by Gasteiger charge is -2.40. The van der Waals surface area contributed by atoms with Gasteiger partial charge in [-0.1, -0.05) is 19.3 Å². The van der Waals surface area contributed by atoms with Crippen LogP contribution in [-0.4, -0.2) is 17.5 Å². The second-order valence-corrected chi connectivity index (χ2v) is 4.49. The van der Waals surface area contributed by atoms with E-state index in [0.717, 1.165) is 38.7 Å². The van der Waals surface area contributed by atoms with E-state index < -0.39 is 5.79 Å². The molecule has 0 aromatic carbocycles. The molecular weight excluding hydrogens is 164 g/mol. The summed E-state index contributed by atoms with van der Waals surface area (Å²) in [5.41, 5.74) is 0. The molecule has 1 aliphatic carbocycles. The van der Waals surface area contributed by atoms with E-state index in [1.165, 1.54) is 19.3 Å². The molecule has 1 atom stereocenters. The Morgan fingerprint density at radius 2 is 1.77 bits per heavy atom. The van der Waals surface area contributed by atoms with E-state index in [1.54, 1.807) is 0 Å². The Morgan fingerprint density at radius 3 is 2.38 bits per heavy atom. The van der Waals surface area contributed by atoms with Gasteiger partial charge in [0.15, 0.2) is 5.79 Å². The van der Waals surface area contributed by atoms with Gasteiger partial charge in [-0.15, -0.1) is 0 Å². The van der Waals surface area contributed by atoms with Gasteiger partial charge >= 0.3 is 0 Å². The number of hydrogen-bond donors (Lipinski definition) is 1. The lowest BCUT2D eigenvalue weighted by atomic mass is 9.80. The maximum atomic E-state index is 10.3. The van der Waals surface area contributed by atoms with Crippen molar-refractivity contribution in [1.82, 2.24) is 0 Å². The molecule has 1 saturated heterocycles. The Labute approximate surface area is 80.3 Å². The zero-order valence-electron chi connectivity index (χ0n) is 8.30. The molecular formula is C11H20O2. The second kappa shape index (κ2) is 3.97. The smallest absolute Gasteiger partial charge is 0.168 e. The fourth-order valence-corrected chi connectivity index (χ4v) is 2.68. The highest BCUT2D eigenvalue weighted by Crippen LogP contribution is 2.38. The van der Waals surface area contributed by atoms with Crippen LogP contribution in [0.5, 0.6) is 0 Å². The van der Waals surface area contributed by atoms with Gasteiger partial charge in [-0.2, -0.15) is 0 Å². The minimum Gasteiger partial charge on any atom is -0.365 e. The van der Waals surface area contributed by atoms with Gasteiger partial charge in [-0.3, -0.25) is 0 Å². The number of rotatable bonds is 1. The first-order chi connectivity index (χ1) is 6.31.